The zero-order valence-electron chi connectivity index (χ0n) is 15.5. The van der Waals surface area contributed by atoms with E-state index in [-0.39, 0.29) is 18.4 Å². The lowest BCUT2D eigenvalue weighted by molar-refractivity contribution is -0.137. The van der Waals surface area contributed by atoms with Gasteiger partial charge in [-0.1, -0.05) is 30.3 Å². The number of benzene rings is 1. The van der Waals surface area contributed by atoms with Gasteiger partial charge in [0.05, 0.1) is 13.1 Å². The van der Waals surface area contributed by atoms with E-state index in [1.807, 2.05) is 53.2 Å². The van der Waals surface area contributed by atoms with E-state index in [2.05, 4.69) is 5.32 Å². The van der Waals surface area contributed by atoms with Crippen molar-refractivity contribution in [2.24, 2.45) is 0 Å². The third-order valence-electron chi connectivity index (χ3n) is 4.03. The van der Waals surface area contributed by atoms with Gasteiger partial charge in [0.25, 0.3) is 5.91 Å². The van der Waals surface area contributed by atoms with E-state index >= 15 is 0 Å². The Morgan fingerprint density at radius 2 is 1.57 bits per heavy atom. The van der Waals surface area contributed by atoms with Crippen LogP contribution in [0.25, 0.3) is 0 Å². The number of thiophene rings is 2. The summed E-state index contributed by atoms with van der Waals surface area (Å²) in [5.41, 5.74) is 0. The monoisotopic (exact) mass is 414 g/mol. The molecule has 1 atom stereocenters. The highest BCUT2D eigenvalue weighted by Gasteiger charge is 2.23. The SMILES string of the molecule is CC(NC(=O)COc1ccccc1)C(=O)N(Cc1cccs1)Cc1cccs1. The smallest absolute Gasteiger partial charge is 0.258 e. The highest BCUT2D eigenvalue weighted by molar-refractivity contribution is 7.10. The van der Waals surface area contributed by atoms with E-state index in [9.17, 15) is 9.59 Å². The lowest BCUT2D eigenvalue weighted by Gasteiger charge is -2.25. The van der Waals surface area contributed by atoms with Gasteiger partial charge in [0.1, 0.15) is 11.8 Å². The van der Waals surface area contributed by atoms with Gasteiger partial charge >= 0.3 is 0 Å². The molecular weight excluding hydrogens is 392 g/mol. The summed E-state index contributed by atoms with van der Waals surface area (Å²) in [7, 11) is 0. The first kappa shape index (κ1) is 20.1. The van der Waals surface area contributed by atoms with Crippen LogP contribution >= 0.6 is 22.7 Å². The maximum absolute atomic E-state index is 13.0. The number of rotatable bonds is 9. The highest BCUT2D eigenvalue weighted by Crippen LogP contribution is 2.18. The molecule has 3 rings (SSSR count). The minimum absolute atomic E-state index is 0.116. The predicted molar refractivity (Wildman–Crippen MR) is 112 cm³/mol. The zero-order chi connectivity index (χ0) is 19.8. The summed E-state index contributed by atoms with van der Waals surface area (Å²) in [6, 6.07) is 16.5. The second-order valence-electron chi connectivity index (χ2n) is 6.24. The van der Waals surface area contributed by atoms with E-state index in [0.29, 0.717) is 18.8 Å². The molecule has 0 fully saturated rings. The molecule has 146 valence electrons. The highest BCUT2D eigenvalue weighted by atomic mass is 32.1. The molecule has 1 aromatic carbocycles. The van der Waals surface area contributed by atoms with E-state index in [4.69, 9.17) is 4.74 Å². The second-order valence-corrected chi connectivity index (χ2v) is 8.31. The Hall–Kier alpha value is -2.64. The molecule has 0 aliphatic carbocycles. The molecule has 1 unspecified atom stereocenters. The summed E-state index contributed by atoms with van der Waals surface area (Å²) < 4.78 is 5.45. The maximum atomic E-state index is 13.0. The van der Waals surface area contributed by atoms with Crippen LogP contribution in [0.3, 0.4) is 0 Å². The lowest BCUT2D eigenvalue weighted by atomic mass is 10.2. The molecule has 0 aliphatic rings. The van der Waals surface area contributed by atoms with Crippen molar-refractivity contribution in [1.82, 2.24) is 10.2 Å². The third-order valence-corrected chi connectivity index (χ3v) is 5.75. The van der Waals surface area contributed by atoms with Crippen molar-refractivity contribution in [3.8, 4) is 5.75 Å². The summed E-state index contributed by atoms with van der Waals surface area (Å²) in [5.74, 6) is 0.181. The van der Waals surface area contributed by atoms with E-state index in [0.717, 1.165) is 9.75 Å². The summed E-state index contributed by atoms with van der Waals surface area (Å²) in [6.45, 7) is 2.63. The molecule has 2 aromatic heterocycles. The number of ether oxygens (including phenoxy) is 1. The molecule has 0 radical (unpaired) electrons. The van der Waals surface area contributed by atoms with Crippen LogP contribution in [0.1, 0.15) is 16.7 Å². The quantitative estimate of drug-likeness (QED) is 0.577. The minimum atomic E-state index is -0.633. The lowest BCUT2D eigenvalue weighted by Crippen LogP contribution is -2.47. The van der Waals surface area contributed by atoms with E-state index in [1.165, 1.54) is 0 Å². The molecule has 0 saturated heterocycles. The molecule has 1 N–H and O–H groups in total. The number of carbonyl (C=O) groups is 2. The zero-order valence-corrected chi connectivity index (χ0v) is 17.2. The number of nitrogens with one attached hydrogen (secondary N) is 1. The van der Waals surface area contributed by atoms with Gasteiger partial charge in [0, 0.05) is 9.75 Å². The molecular formula is C21H22N2O3S2. The van der Waals surface area contributed by atoms with Crippen LogP contribution < -0.4 is 10.1 Å². The molecule has 3 aromatic rings. The van der Waals surface area contributed by atoms with Crippen LogP contribution in [0, 0.1) is 0 Å². The van der Waals surface area contributed by atoms with Crippen molar-refractivity contribution in [3.63, 3.8) is 0 Å². The molecule has 7 heteroatoms. The van der Waals surface area contributed by atoms with Crippen molar-refractivity contribution >= 4 is 34.5 Å². The minimum Gasteiger partial charge on any atom is -0.484 e. The molecule has 0 bridgehead atoms. The summed E-state index contributed by atoms with van der Waals surface area (Å²) in [6.07, 6.45) is 0. The Morgan fingerprint density at radius 3 is 2.11 bits per heavy atom. The first-order chi connectivity index (χ1) is 13.6. The fourth-order valence-corrected chi connectivity index (χ4v) is 4.12. The number of para-hydroxylation sites is 1. The largest absolute Gasteiger partial charge is 0.484 e. The van der Waals surface area contributed by atoms with Gasteiger partial charge < -0.3 is 15.0 Å². The van der Waals surface area contributed by atoms with Gasteiger partial charge in [-0.2, -0.15) is 0 Å². The molecule has 2 amide bonds. The van der Waals surface area contributed by atoms with Crippen LogP contribution in [0.15, 0.2) is 65.4 Å². The fourth-order valence-electron chi connectivity index (χ4n) is 2.68. The number of hydrogen-bond donors (Lipinski definition) is 1. The van der Waals surface area contributed by atoms with Crippen molar-refractivity contribution in [3.05, 3.63) is 75.1 Å². The van der Waals surface area contributed by atoms with E-state index < -0.39 is 6.04 Å². The van der Waals surface area contributed by atoms with Crippen LogP contribution in [0.5, 0.6) is 5.75 Å². The Kier molecular flexibility index (Phi) is 7.22. The first-order valence-corrected chi connectivity index (χ1v) is 10.7. The van der Waals surface area contributed by atoms with E-state index in [1.54, 1.807) is 46.6 Å². The van der Waals surface area contributed by atoms with Crippen molar-refractivity contribution in [1.29, 1.82) is 0 Å². The van der Waals surface area contributed by atoms with Crippen LogP contribution in [0.4, 0.5) is 0 Å². The number of carbonyl (C=O) groups excluding carboxylic acids is 2. The Morgan fingerprint density at radius 1 is 0.964 bits per heavy atom. The molecule has 2 heterocycles. The predicted octanol–water partition coefficient (Wildman–Crippen LogP) is 3.92. The standard InChI is InChI=1S/C21H22N2O3S2/c1-16(22-20(24)15-26-17-7-3-2-4-8-17)21(25)23(13-18-9-5-11-27-18)14-19-10-6-12-28-19/h2-12,16H,13-15H2,1H3,(H,22,24). The average molecular weight is 415 g/mol. The van der Waals surface area contributed by atoms with Gasteiger partial charge in [-0.3, -0.25) is 9.59 Å². The second kappa shape index (κ2) is 10.1. The van der Waals surface area contributed by atoms with Gasteiger partial charge in [-0.25, -0.2) is 0 Å². The molecule has 0 aliphatic heterocycles. The summed E-state index contributed by atoms with van der Waals surface area (Å²) in [4.78, 5) is 29.2. The maximum Gasteiger partial charge on any atom is 0.258 e. The van der Waals surface area contributed by atoms with Crippen LogP contribution in [-0.4, -0.2) is 29.4 Å². The fraction of sp³-hybridized carbons (Fsp3) is 0.238. The van der Waals surface area contributed by atoms with Crippen LogP contribution in [0.2, 0.25) is 0 Å². The Balaban J connectivity index is 1.57. The molecule has 28 heavy (non-hydrogen) atoms. The molecule has 5 nitrogen and oxygen atoms in total. The van der Waals surface area contributed by atoms with Crippen LogP contribution in [-0.2, 0) is 22.7 Å². The third kappa shape index (κ3) is 5.94. The van der Waals surface area contributed by atoms with Crippen molar-refractivity contribution < 1.29 is 14.3 Å². The van der Waals surface area contributed by atoms with Gasteiger partial charge in [0.2, 0.25) is 5.91 Å². The average Bonchev–Trinajstić information content (AvgIpc) is 3.40. The number of amides is 2. The Bertz CT molecular complexity index is 828. The Labute approximate surface area is 172 Å². The first-order valence-electron chi connectivity index (χ1n) is 8.92. The molecule has 0 saturated carbocycles. The summed E-state index contributed by atoms with van der Waals surface area (Å²) >= 11 is 3.23. The number of nitrogens with zero attached hydrogens (tertiary/aromatic N) is 1. The molecule has 0 spiro atoms. The topological polar surface area (TPSA) is 58.6 Å². The van der Waals surface area contributed by atoms with Gasteiger partial charge in [-0.05, 0) is 41.9 Å². The van der Waals surface area contributed by atoms with Gasteiger partial charge in [-0.15, -0.1) is 22.7 Å². The number of hydrogen-bond acceptors (Lipinski definition) is 5. The normalized spacial score (nSPS) is 11.6. The van der Waals surface area contributed by atoms with Gasteiger partial charge in [0.15, 0.2) is 6.61 Å². The summed E-state index contributed by atoms with van der Waals surface area (Å²) in [5, 5.41) is 6.73. The van der Waals surface area contributed by atoms with Crippen molar-refractivity contribution in [2.45, 2.75) is 26.1 Å². The van der Waals surface area contributed by atoms with Crippen molar-refractivity contribution in [2.75, 3.05) is 6.61 Å².